The highest BCUT2D eigenvalue weighted by molar-refractivity contribution is 6.83. The fourth-order valence-corrected chi connectivity index (χ4v) is 8.95. The Balaban J connectivity index is 1.18. The number of rotatable bonds is 4. The SMILES string of the molecule is CC(C)(O)C#Cc1cc(C#Cc2ccc(-c3c4nc(c(-c5ccccc5)c5ccc([nH]5)c(-c5ccccc5)c5ccc([nH]5)c(-c5ccccc5)c5nc3C=C5)C=C4)cc2)cc(C#C[Si](C)(C)C)c1. The monoisotopic (exact) mass is 892 g/mol. The maximum absolute atomic E-state index is 10.3. The van der Waals surface area contributed by atoms with Crippen LogP contribution in [0.4, 0.5) is 0 Å². The Kier molecular flexibility index (Phi) is 11.6. The molecule has 5 nitrogen and oxygen atoms in total. The van der Waals surface area contributed by atoms with E-state index in [4.69, 9.17) is 9.97 Å². The van der Waals surface area contributed by atoms with Gasteiger partial charge in [-0.05, 0) is 115 Å². The summed E-state index contributed by atoms with van der Waals surface area (Å²) in [7, 11) is -1.63. The van der Waals surface area contributed by atoms with Crippen LogP contribution in [0, 0.1) is 35.1 Å². The first-order valence-electron chi connectivity index (χ1n) is 22.8. The molecule has 5 aromatic carbocycles. The Morgan fingerprint density at radius 2 is 0.779 bits per heavy atom. The van der Waals surface area contributed by atoms with Gasteiger partial charge in [-0.2, -0.15) is 0 Å². The average molecular weight is 893 g/mol. The molecule has 0 spiro atoms. The fraction of sp³-hybridized carbons (Fsp3) is 0.0968. The second-order valence-corrected chi connectivity index (χ2v) is 23.3. The smallest absolute Gasteiger partial charge is 0.129 e. The molecule has 0 saturated heterocycles. The van der Waals surface area contributed by atoms with Crippen molar-refractivity contribution in [2.24, 2.45) is 0 Å². The molecule has 3 aromatic heterocycles. The summed E-state index contributed by atoms with van der Waals surface area (Å²) in [5, 5.41) is 10.3. The van der Waals surface area contributed by atoms with E-state index in [2.05, 4.69) is 216 Å². The minimum Gasteiger partial charge on any atom is -0.378 e. The van der Waals surface area contributed by atoms with Crippen molar-refractivity contribution < 1.29 is 5.11 Å². The molecule has 0 unspecified atom stereocenters. The third kappa shape index (κ3) is 9.59. The van der Waals surface area contributed by atoms with Gasteiger partial charge in [0.1, 0.15) is 13.7 Å². The summed E-state index contributed by atoms with van der Waals surface area (Å²) >= 11 is 0. The lowest BCUT2D eigenvalue weighted by Crippen LogP contribution is -2.16. The highest BCUT2D eigenvalue weighted by Gasteiger charge is 2.20. The van der Waals surface area contributed by atoms with Gasteiger partial charge < -0.3 is 15.1 Å². The number of aliphatic hydroxyl groups is 1. The van der Waals surface area contributed by atoms with Crippen molar-refractivity contribution in [3.8, 4) is 79.7 Å². The molecule has 0 aliphatic carbocycles. The molecule has 0 fully saturated rings. The molecule has 8 aromatic rings. The third-order valence-electron chi connectivity index (χ3n) is 11.5. The van der Waals surface area contributed by atoms with Crippen molar-refractivity contribution in [1.82, 2.24) is 19.9 Å². The summed E-state index contributed by atoms with van der Waals surface area (Å²) in [5.74, 6) is 16.2. The fourth-order valence-electron chi connectivity index (χ4n) is 8.43. The molecule has 6 heteroatoms. The number of aromatic nitrogens is 4. The van der Waals surface area contributed by atoms with Crippen molar-refractivity contribution in [3.05, 3.63) is 203 Å². The molecular weight excluding hydrogens is 845 g/mol. The molecule has 68 heavy (non-hydrogen) atoms. The zero-order valence-corrected chi connectivity index (χ0v) is 39.7. The van der Waals surface area contributed by atoms with Crippen molar-refractivity contribution in [2.75, 3.05) is 0 Å². The van der Waals surface area contributed by atoms with E-state index in [1.54, 1.807) is 13.8 Å². The zero-order valence-electron chi connectivity index (χ0n) is 38.7. The van der Waals surface area contributed by atoms with E-state index in [-0.39, 0.29) is 0 Å². The van der Waals surface area contributed by atoms with Gasteiger partial charge in [-0.15, -0.1) is 5.54 Å². The molecule has 2 aliphatic heterocycles. The maximum atomic E-state index is 10.3. The van der Waals surface area contributed by atoms with Gasteiger partial charge in [0.05, 0.1) is 22.8 Å². The van der Waals surface area contributed by atoms with Crippen LogP contribution in [0.25, 0.3) is 90.9 Å². The molecule has 0 amide bonds. The van der Waals surface area contributed by atoms with Crippen LogP contribution in [-0.2, 0) is 0 Å². The third-order valence-corrected chi connectivity index (χ3v) is 12.4. The average Bonchev–Trinajstić information content (AvgIpc) is 4.19. The minimum atomic E-state index is -1.63. The quantitative estimate of drug-likeness (QED) is 0.122. The Bertz CT molecular complexity index is 3490. The van der Waals surface area contributed by atoms with Crippen LogP contribution in [0.3, 0.4) is 0 Å². The number of nitrogens with one attached hydrogen (secondary N) is 2. The summed E-state index contributed by atoms with van der Waals surface area (Å²) in [6, 6.07) is 54.3. The molecule has 8 bridgehead atoms. The summed E-state index contributed by atoms with van der Waals surface area (Å²) in [6.07, 6.45) is 8.44. The molecule has 0 atom stereocenters. The number of H-pyrrole nitrogens is 2. The van der Waals surface area contributed by atoms with Gasteiger partial charge >= 0.3 is 0 Å². The highest BCUT2D eigenvalue weighted by atomic mass is 28.3. The van der Waals surface area contributed by atoms with Crippen LogP contribution in [-0.4, -0.2) is 38.7 Å². The molecule has 0 radical (unpaired) electrons. The summed E-state index contributed by atoms with van der Waals surface area (Å²) in [6.45, 7) is 10.0. The van der Waals surface area contributed by atoms with E-state index in [1.165, 1.54) is 0 Å². The van der Waals surface area contributed by atoms with E-state index >= 15 is 0 Å². The summed E-state index contributed by atoms with van der Waals surface area (Å²) in [4.78, 5) is 18.6. The molecule has 0 saturated carbocycles. The van der Waals surface area contributed by atoms with Crippen LogP contribution in [0.1, 0.15) is 58.9 Å². The Hall–Kier alpha value is -8.44. The lowest BCUT2D eigenvalue weighted by molar-refractivity contribution is 0.143. The van der Waals surface area contributed by atoms with Crippen LogP contribution < -0.4 is 0 Å². The first kappa shape index (κ1) is 43.4. The number of fused-ring (bicyclic) bond motifs is 8. The van der Waals surface area contributed by atoms with Crippen LogP contribution >= 0.6 is 0 Å². The first-order chi connectivity index (χ1) is 32.9. The normalized spacial score (nSPS) is 11.8. The predicted octanol–water partition coefficient (Wildman–Crippen LogP) is 14.1. The van der Waals surface area contributed by atoms with Crippen LogP contribution in [0.5, 0.6) is 0 Å². The van der Waals surface area contributed by atoms with Crippen LogP contribution in [0.15, 0.2) is 158 Å². The number of aromatic amines is 2. The van der Waals surface area contributed by atoms with Gasteiger partial charge in [0.2, 0.25) is 0 Å². The number of nitrogens with zero attached hydrogens (tertiary/aromatic N) is 2. The second-order valence-electron chi connectivity index (χ2n) is 18.5. The van der Waals surface area contributed by atoms with Gasteiger partial charge in [-0.3, -0.25) is 0 Å². The number of benzene rings is 5. The lowest BCUT2D eigenvalue weighted by Gasteiger charge is -2.07. The van der Waals surface area contributed by atoms with Gasteiger partial charge in [0.15, 0.2) is 0 Å². The van der Waals surface area contributed by atoms with Crippen molar-refractivity contribution in [2.45, 2.75) is 39.1 Å². The van der Waals surface area contributed by atoms with E-state index in [1.807, 2.05) is 30.3 Å². The Morgan fingerprint density at radius 3 is 1.22 bits per heavy atom. The summed E-state index contributed by atoms with van der Waals surface area (Å²) in [5.41, 5.74) is 21.0. The first-order valence-corrected chi connectivity index (χ1v) is 26.3. The van der Waals surface area contributed by atoms with Crippen molar-refractivity contribution in [3.63, 3.8) is 0 Å². The maximum Gasteiger partial charge on any atom is 0.129 e. The van der Waals surface area contributed by atoms with Crippen LogP contribution in [0.2, 0.25) is 19.6 Å². The Morgan fingerprint density at radius 1 is 0.412 bits per heavy atom. The standard InChI is InChI=1S/C62H48N4OSi/c1-62(2,67)37-35-44-39-43(40-45(41-44)36-38-68(3,4)5)22-21-42-23-25-49(26-24-42)61-56-33-31-54(65-56)59(47-17-11-7-12-18-47)52-29-27-50(63-52)58(46-15-9-6-10-16-46)51-28-30-53(64-51)60(48-19-13-8-14-20-48)55-32-34-57(61)66-55/h6-20,23-34,39-41,63-64,67H,1-5H3. The van der Waals surface area contributed by atoms with Crippen molar-refractivity contribution >= 4 is 54.4 Å². The van der Waals surface area contributed by atoms with E-state index < -0.39 is 13.7 Å². The summed E-state index contributed by atoms with van der Waals surface area (Å²) < 4.78 is 0. The van der Waals surface area contributed by atoms with Gasteiger partial charge in [0.25, 0.3) is 0 Å². The number of hydrogen-bond acceptors (Lipinski definition) is 3. The molecule has 10 rings (SSSR count). The highest BCUT2D eigenvalue weighted by Crippen LogP contribution is 2.38. The Labute approximate surface area is 399 Å². The van der Waals surface area contributed by atoms with Gasteiger partial charge in [-0.25, -0.2) is 9.97 Å². The van der Waals surface area contributed by atoms with E-state index in [0.29, 0.717) is 0 Å². The predicted molar refractivity (Wildman–Crippen MR) is 286 cm³/mol. The number of hydrogen-bond donors (Lipinski definition) is 3. The second kappa shape index (κ2) is 18.1. The van der Waals surface area contributed by atoms with E-state index in [9.17, 15) is 5.11 Å². The minimum absolute atomic E-state index is 0.762. The lowest BCUT2D eigenvalue weighted by atomic mass is 10.0. The molecule has 5 heterocycles. The van der Waals surface area contributed by atoms with Gasteiger partial charge in [0, 0.05) is 66.6 Å². The molecule has 2 aliphatic rings. The molecule has 326 valence electrons. The van der Waals surface area contributed by atoms with Gasteiger partial charge in [-0.1, -0.05) is 152 Å². The zero-order chi connectivity index (χ0) is 46.8. The largest absolute Gasteiger partial charge is 0.378 e. The van der Waals surface area contributed by atoms with E-state index in [0.717, 1.165) is 112 Å². The molecular formula is C62H48N4OSi. The molecule has 3 N–H and O–H groups in total. The topological polar surface area (TPSA) is 77.6 Å². The van der Waals surface area contributed by atoms with Crippen molar-refractivity contribution in [1.29, 1.82) is 0 Å².